The van der Waals surface area contributed by atoms with Crippen molar-refractivity contribution >= 4 is 17.1 Å². The van der Waals surface area contributed by atoms with E-state index in [1.54, 1.807) is 5.38 Å². The largest absolute Gasteiger partial charge is 0.325 e. The van der Waals surface area contributed by atoms with Crippen LogP contribution in [0.25, 0.3) is 0 Å². The molecule has 12 heavy (non-hydrogen) atoms. The number of nitrogens with zero attached hydrogens (tertiary/aromatic N) is 1. The Morgan fingerprint density at radius 1 is 1.75 bits per heavy atom. The Labute approximate surface area is 75.6 Å². The number of nitrogens with two attached hydrogens (primary N) is 1. The molecule has 0 aromatic carbocycles. The summed E-state index contributed by atoms with van der Waals surface area (Å²) in [5.74, 6) is 0.101. The number of aromatic nitrogens is 1. The second-order valence-electron chi connectivity index (χ2n) is 2.85. The minimum atomic E-state index is 0.0118. The normalized spacial score (nSPS) is 10.7. The average molecular weight is 184 g/mol. The van der Waals surface area contributed by atoms with Crippen LogP contribution < -0.4 is 5.73 Å². The predicted octanol–water partition coefficient (Wildman–Crippen LogP) is 1.44. The zero-order chi connectivity index (χ0) is 9.14. The summed E-state index contributed by atoms with van der Waals surface area (Å²) >= 11 is 1.44. The minimum Gasteiger partial charge on any atom is -0.325 e. The Kier molecular flexibility index (Phi) is 2.94. The Balaban J connectivity index is 2.82. The van der Waals surface area contributed by atoms with E-state index < -0.39 is 0 Å². The van der Waals surface area contributed by atoms with Crippen LogP contribution in [-0.2, 0) is 6.54 Å². The SMILES string of the molecule is CC(C)C(=O)c1csc(CN)n1. The van der Waals surface area contributed by atoms with Gasteiger partial charge >= 0.3 is 0 Å². The Hall–Kier alpha value is -0.740. The van der Waals surface area contributed by atoms with Gasteiger partial charge in [0, 0.05) is 17.8 Å². The average Bonchev–Trinajstić information content (AvgIpc) is 2.50. The Bertz CT molecular complexity index is 280. The molecule has 0 atom stereocenters. The van der Waals surface area contributed by atoms with Gasteiger partial charge in [0.25, 0.3) is 0 Å². The molecular weight excluding hydrogens is 172 g/mol. The molecule has 0 radical (unpaired) electrons. The van der Waals surface area contributed by atoms with E-state index in [-0.39, 0.29) is 11.7 Å². The molecule has 0 saturated heterocycles. The zero-order valence-corrected chi connectivity index (χ0v) is 8.02. The molecule has 1 aromatic rings. The lowest BCUT2D eigenvalue weighted by Crippen LogP contribution is -2.08. The van der Waals surface area contributed by atoms with Crippen molar-refractivity contribution in [3.05, 3.63) is 16.1 Å². The second-order valence-corrected chi connectivity index (χ2v) is 3.79. The number of carbonyl (C=O) groups is 1. The molecule has 0 saturated carbocycles. The second kappa shape index (κ2) is 3.78. The first-order valence-corrected chi connectivity index (χ1v) is 4.71. The van der Waals surface area contributed by atoms with Crippen molar-refractivity contribution < 1.29 is 4.79 Å². The third-order valence-electron chi connectivity index (χ3n) is 1.50. The van der Waals surface area contributed by atoms with Crippen molar-refractivity contribution in [1.29, 1.82) is 0 Å². The van der Waals surface area contributed by atoms with Gasteiger partial charge in [-0.2, -0.15) is 0 Å². The van der Waals surface area contributed by atoms with Gasteiger partial charge in [0.05, 0.1) is 0 Å². The summed E-state index contributed by atoms with van der Waals surface area (Å²) in [6, 6.07) is 0. The highest BCUT2D eigenvalue weighted by atomic mass is 32.1. The van der Waals surface area contributed by atoms with Crippen LogP contribution in [0, 0.1) is 5.92 Å². The van der Waals surface area contributed by atoms with E-state index in [1.807, 2.05) is 13.8 Å². The van der Waals surface area contributed by atoms with Crippen LogP contribution in [0.1, 0.15) is 29.3 Å². The van der Waals surface area contributed by atoms with Crippen LogP contribution >= 0.6 is 11.3 Å². The number of thiazole rings is 1. The maximum Gasteiger partial charge on any atom is 0.184 e. The van der Waals surface area contributed by atoms with Crippen LogP contribution in [0.15, 0.2) is 5.38 Å². The van der Waals surface area contributed by atoms with Crippen LogP contribution in [-0.4, -0.2) is 10.8 Å². The fourth-order valence-electron chi connectivity index (χ4n) is 0.814. The highest BCUT2D eigenvalue weighted by Gasteiger charge is 2.13. The van der Waals surface area contributed by atoms with Crippen molar-refractivity contribution in [3.8, 4) is 0 Å². The summed E-state index contributed by atoms with van der Waals surface area (Å²) in [7, 11) is 0. The standard InChI is InChI=1S/C8H12N2OS/c1-5(2)8(11)6-4-12-7(3-9)10-6/h4-5H,3,9H2,1-2H3. The highest BCUT2D eigenvalue weighted by molar-refractivity contribution is 7.09. The number of rotatable bonds is 3. The van der Waals surface area contributed by atoms with Gasteiger partial charge in [0.1, 0.15) is 10.7 Å². The number of ketones is 1. The van der Waals surface area contributed by atoms with Gasteiger partial charge in [-0.15, -0.1) is 11.3 Å². The molecule has 0 aliphatic rings. The fraction of sp³-hybridized carbons (Fsp3) is 0.500. The van der Waals surface area contributed by atoms with Crippen molar-refractivity contribution in [2.75, 3.05) is 0 Å². The van der Waals surface area contributed by atoms with Gasteiger partial charge in [-0.05, 0) is 0 Å². The molecule has 0 amide bonds. The molecule has 0 fully saturated rings. The molecular formula is C8H12N2OS. The smallest absolute Gasteiger partial charge is 0.184 e. The first-order chi connectivity index (χ1) is 5.65. The maximum absolute atomic E-state index is 11.4. The first kappa shape index (κ1) is 9.35. The molecule has 0 unspecified atom stereocenters. The fourth-order valence-corrected chi connectivity index (χ4v) is 1.48. The van der Waals surface area contributed by atoms with Crippen LogP contribution in [0.5, 0.6) is 0 Å². The van der Waals surface area contributed by atoms with Gasteiger partial charge in [0.15, 0.2) is 5.78 Å². The molecule has 0 spiro atoms. The quantitative estimate of drug-likeness (QED) is 0.723. The lowest BCUT2D eigenvalue weighted by atomic mass is 10.1. The van der Waals surface area contributed by atoms with Gasteiger partial charge in [-0.3, -0.25) is 4.79 Å². The molecule has 2 N–H and O–H groups in total. The third kappa shape index (κ3) is 1.89. The summed E-state index contributed by atoms with van der Waals surface area (Å²) in [6.07, 6.45) is 0. The summed E-state index contributed by atoms with van der Waals surface area (Å²) in [5.41, 5.74) is 5.93. The molecule has 4 heteroatoms. The van der Waals surface area contributed by atoms with Crippen LogP contribution in [0.3, 0.4) is 0 Å². The van der Waals surface area contributed by atoms with E-state index in [0.717, 1.165) is 5.01 Å². The van der Waals surface area contributed by atoms with E-state index in [4.69, 9.17) is 5.73 Å². The third-order valence-corrected chi connectivity index (χ3v) is 2.37. The monoisotopic (exact) mass is 184 g/mol. The number of Topliss-reactive ketones (excluding diaryl/α,β-unsaturated/α-hetero) is 1. The molecule has 3 nitrogen and oxygen atoms in total. The lowest BCUT2D eigenvalue weighted by molar-refractivity contribution is 0.0935. The van der Waals surface area contributed by atoms with E-state index in [1.165, 1.54) is 11.3 Å². The summed E-state index contributed by atoms with van der Waals surface area (Å²) in [6.45, 7) is 4.14. The summed E-state index contributed by atoms with van der Waals surface area (Å²) in [5, 5.41) is 2.59. The number of hydrogen-bond acceptors (Lipinski definition) is 4. The lowest BCUT2D eigenvalue weighted by Gasteiger charge is -1.97. The molecule has 1 aromatic heterocycles. The number of hydrogen-bond donors (Lipinski definition) is 1. The van der Waals surface area contributed by atoms with Crippen LogP contribution in [0.4, 0.5) is 0 Å². The van der Waals surface area contributed by atoms with Gasteiger partial charge in [0.2, 0.25) is 0 Å². The molecule has 1 heterocycles. The van der Waals surface area contributed by atoms with Crippen LogP contribution in [0.2, 0.25) is 0 Å². The molecule has 66 valence electrons. The minimum absolute atomic E-state index is 0.0118. The molecule has 0 bridgehead atoms. The van der Waals surface area contributed by atoms with Crippen molar-refractivity contribution in [2.24, 2.45) is 11.7 Å². The predicted molar refractivity (Wildman–Crippen MR) is 49.2 cm³/mol. The van der Waals surface area contributed by atoms with Crippen molar-refractivity contribution in [2.45, 2.75) is 20.4 Å². The first-order valence-electron chi connectivity index (χ1n) is 3.84. The van der Waals surface area contributed by atoms with Gasteiger partial charge in [-0.1, -0.05) is 13.8 Å². The summed E-state index contributed by atoms with van der Waals surface area (Å²) in [4.78, 5) is 15.5. The van der Waals surface area contributed by atoms with E-state index in [0.29, 0.717) is 12.2 Å². The van der Waals surface area contributed by atoms with Gasteiger partial charge in [-0.25, -0.2) is 4.98 Å². The molecule has 1 rings (SSSR count). The Morgan fingerprint density at radius 2 is 2.42 bits per heavy atom. The van der Waals surface area contributed by atoms with E-state index in [9.17, 15) is 4.79 Å². The molecule has 0 aliphatic carbocycles. The zero-order valence-electron chi connectivity index (χ0n) is 7.20. The van der Waals surface area contributed by atoms with Crippen molar-refractivity contribution in [3.63, 3.8) is 0 Å². The number of carbonyl (C=O) groups excluding carboxylic acids is 1. The van der Waals surface area contributed by atoms with E-state index >= 15 is 0 Å². The summed E-state index contributed by atoms with van der Waals surface area (Å²) < 4.78 is 0. The van der Waals surface area contributed by atoms with Gasteiger partial charge < -0.3 is 5.73 Å². The highest BCUT2D eigenvalue weighted by Crippen LogP contribution is 2.12. The topological polar surface area (TPSA) is 56.0 Å². The van der Waals surface area contributed by atoms with E-state index in [2.05, 4.69) is 4.98 Å². The van der Waals surface area contributed by atoms with Crippen molar-refractivity contribution in [1.82, 2.24) is 4.98 Å². The maximum atomic E-state index is 11.4. The molecule has 0 aliphatic heterocycles. The Morgan fingerprint density at radius 3 is 2.83 bits per heavy atom.